The van der Waals surface area contributed by atoms with Crippen LogP contribution in [-0.4, -0.2) is 35.5 Å². The van der Waals surface area contributed by atoms with Crippen molar-refractivity contribution in [3.63, 3.8) is 0 Å². The third-order valence-electron chi connectivity index (χ3n) is 4.11. The van der Waals surface area contributed by atoms with Crippen LogP contribution in [-0.2, 0) is 0 Å². The maximum atomic E-state index is 12.9. The van der Waals surface area contributed by atoms with Gasteiger partial charge in [-0.2, -0.15) is 0 Å². The maximum Gasteiger partial charge on any atom is 0.251 e. The predicted molar refractivity (Wildman–Crippen MR) is 85.7 cm³/mol. The van der Waals surface area contributed by atoms with Crippen LogP contribution in [0.1, 0.15) is 23.2 Å². The molecule has 1 aromatic carbocycles. The summed E-state index contributed by atoms with van der Waals surface area (Å²) in [5.74, 6) is 0.719. The minimum absolute atomic E-state index is 0.154. The fourth-order valence-corrected chi connectivity index (χ4v) is 2.73. The van der Waals surface area contributed by atoms with Gasteiger partial charge >= 0.3 is 0 Å². The fraction of sp³-hybridized carbons (Fsp3) is 0.353. The monoisotopic (exact) mass is 314 g/mol. The number of nitrogens with zero attached hydrogens (tertiary/aromatic N) is 3. The first-order valence-corrected chi connectivity index (χ1v) is 7.78. The van der Waals surface area contributed by atoms with E-state index in [0.29, 0.717) is 18.0 Å². The van der Waals surface area contributed by atoms with Gasteiger partial charge < -0.3 is 10.2 Å². The smallest absolute Gasteiger partial charge is 0.251 e. The summed E-state index contributed by atoms with van der Waals surface area (Å²) < 4.78 is 12.9. The Morgan fingerprint density at radius 2 is 1.83 bits per heavy atom. The van der Waals surface area contributed by atoms with Crippen LogP contribution in [0.25, 0.3) is 0 Å². The second kappa shape index (κ2) is 7.17. The molecular formula is C17H19FN4O. The highest BCUT2D eigenvalue weighted by Gasteiger charge is 2.21. The Kier molecular flexibility index (Phi) is 4.80. The largest absolute Gasteiger partial charge is 0.352 e. The molecule has 1 N–H and O–H groups in total. The van der Waals surface area contributed by atoms with E-state index in [2.05, 4.69) is 20.2 Å². The van der Waals surface area contributed by atoms with E-state index in [1.54, 1.807) is 18.5 Å². The van der Waals surface area contributed by atoms with Crippen molar-refractivity contribution in [2.24, 2.45) is 5.92 Å². The lowest BCUT2D eigenvalue weighted by Crippen LogP contribution is -2.39. The lowest BCUT2D eigenvalue weighted by molar-refractivity contribution is 0.0945. The van der Waals surface area contributed by atoms with Gasteiger partial charge in [-0.25, -0.2) is 14.4 Å². The molecule has 3 rings (SSSR count). The van der Waals surface area contributed by atoms with Gasteiger partial charge in [0.15, 0.2) is 0 Å². The maximum absolute atomic E-state index is 12.9. The van der Waals surface area contributed by atoms with Crippen LogP contribution in [0.15, 0.2) is 42.7 Å². The van der Waals surface area contributed by atoms with E-state index in [1.807, 2.05) is 0 Å². The van der Waals surface area contributed by atoms with Gasteiger partial charge in [0.1, 0.15) is 5.82 Å². The molecule has 1 aromatic heterocycles. The van der Waals surface area contributed by atoms with Crippen LogP contribution >= 0.6 is 0 Å². The molecule has 0 saturated carbocycles. The zero-order valence-corrected chi connectivity index (χ0v) is 12.8. The fourth-order valence-electron chi connectivity index (χ4n) is 2.73. The van der Waals surface area contributed by atoms with E-state index < -0.39 is 0 Å². The number of aromatic nitrogens is 2. The second-order valence-corrected chi connectivity index (χ2v) is 5.70. The Morgan fingerprint density at radius 1 is 1.17 bits per heavy atom. The molecule has 0 aliphatic carbocycles. The van der Waals surface area contributed by atoms with Crippen molar-refractivity contribution in [2.45, 2.75) is 12.8 Å². The number of amides is 1. The summed E-state index contributed by atoms with van der Waals surface area (Å²) in [4.78, 5) is 22.7. The normalized spacial score (nSPS) is 15.4. The Balaban J connectivity index is 1.46. The van der Waals surface area contributed by atoms with E-state index in [9.17, 15) is 9.18 Å². The van der Waals surface area contributed by atoms with Crippen LogP contribution in [0.3, 0.4) is 0 Å². The highest BCUT2D eigenvalue weighted by molar-refractivity contribution is 5.94. The number of carbonyl (C=O) groups is 1. The number of rotatable bonds is 4. The van der Waals surface area contributed by atoms with E-state index in [4.69, 9.17) is 0 Å². The molecule has 1 amide bonds. The molecule has 0 spiro atoms. The standard InChI is InChI=1S/C17H19FN4O/c18-15-4-2-14(3-5-15)16(23)21-12-13-6-10-22(11-7-13)17-19-8-1-9-20-17/h1-5,8-9,13H,6-7,10-12H2,(H,21,23). The van der Waals surface area contributed by atoms with Gasteiger partial charge in [0.05, 0.1) is 0 Å². The zero-order valence-electron chi connectivity index (χ0n) is 12.8. The summed E-state index contributed by atoms with van der Waals surface area (Å²) in [6.45, 7) is 2.42. The van der Waals surface area contributed by atoms with Crippen molar-refractivity contribution in [3.05, 3.63) is 54.1 Å². The minimum Gasteiger partial charge on any atom is -0.352 e. The molecule has 5 nitrogen and oxygen atoms in total. The molecule has 1 saturated heterocycles. The molecule has 6 heteroatoms. The molecule has 1 aliphatic rings. The van der Waals surface area contributed by atoms with Gasteiger partial charge in [0.2, 0.25) is 5.95 Å². The van der Waals surface area contributed by atoms with Gasteiger partial charge in [-0.3, -0.25) is 4.79 Å². The van der Waals surface area contributed by atoms with Crippen LogP contribution < -0.4 is 10.2 Å². The SMILES string of the molecule is O=C(NCC1CCN(c2ncccn2)CC1)c1ccc(F)cc1. The summed E-state index contributed by atoms with van der Waals surface area (Å²) in [5.41, 5.74) is 0.488. The van der Waals surface area contributed by atoms with E-state index in [1.165, 1.54) is 24.3 Å². The molecule has 120 valence electrons. The first-order chi connectivity index (χ1) is 11.2. The van der Waals surface area contributed by atoms with Crippen molar-refractivity contribution < 1.29 is 9.18 Å². The number of piperidine rings is 1. The first-order valence-electron chi connectivity index (χ1n) is 7.78. The molecule has 0 radical (unpaired) electrons. The third kappa shape index (κ3) is 4.03. The third-order valence-corrected chi connectivity index (χ3v) is 4.11. The summed E-state index contributed by atoms with van der Waals surface area (Å²) in [5, 5.41) is 2.93. The average Bonchev–Trinajstić information content (AvgIpc) is 2.61. The number of carbonyl (C=O) groups excluding carboxylic acids is 1. The number of nitrogens with one attached hydrogen (secondary N) is 1. The second-order valence-electron chi connectivity index (χ2n) is 5.70. The lowest BCUT2D eigenvalue weighted by atomic mass is 9.97. The van der Waals surface area contributed by atoms with Crippen LogP contribution in [0.4, 0.5) is 10.3 Å². The van der Waals surface area contributed by atoms with Crippen LogP contribution in [0.2, 0.25) is 0 Å². The predicted octanol–water partition coefficient (Wildman–Crippen LogP) is 2.26. The molecule has 1 aliphatic heterocycles. The minimum atomic E-state index is -0.336. The molecule has 1 fully saturated rings. The van der Waals surface area contributed by atoms with Crippen LogP contribution in [0, 0.1) is 11.7 Å². The quantitative estimate of drug-likeness (QED) is 0.940. The number of hydrogen-bond donors (Lipinski definition) is 1. The summed E-state index contributed by atoms with van der Waals surface area (Å²) in [7, 11) is 0. The summed E-state index contributed by atoms with van der Waals surface area (Å²) in [6.07, 6.45) is 5.47. The Morgan fingerprint density at radius 3 is 2.48 bits per heavy atom. The molecule has 0 bridgehead atoms. The van der Waals surface area contributed by atoms with Gasteiger partial charge in [-0.05, 0) is 49.1 Å². The number of anilines is 1. The van der Waals surface area contributed by atoms with Crippen molar-refractivity contribution in [1.82, 2.24) is 15.3 Å². The summed E-state index contributed by atoms with van der Waals surface area (Å²) >= 11 is 0. The first kappa shape index (κ1) is 15.4. The molecular weight excluding hydrogens is 295 g/mol. The highest BCUT2D eigenvalue weighted by Crippen LogP contribution is 2.19. The molecule has 2 aromatic rings. The van der Waals surface area contributed by atoms with E-state index >= 15 is 0 Å². The number of benzene rings is 1. The zero-order chi connectivity index (χ0) is 16.1. The molecule has 0 unspecified atom stereocenters. The number of halogens is 1. The summed E-state index contributed by atoms with van der Waals surface area (Å²) in [6, 6.07) is 7.40. The Hall–Kier alpha value is -2.50. The topological polar surface area (TPSA) is 58.1 Å². The van der Waals surface area contributed by atoms with Crippen molar-refractivity contribution in [1.29, 1.82) is 0 Å². The van der Waals surface area contributed by atoms with Gasteiger partial charge in [-0.1, -0.05) is 0 Å². The van der Waals surface area contributed by atoms with E-state index in [0.717, 1.165) is 31.9 Å². The van der Waals surface area contributed by atoms with Crippen molar-refractivity contribution >= 4 is 11.9 Å². The Bertz CT molecular complexity index is 639. The van der Waals surface area contributed by atoms with Gasteiger partial charge in [0, 0.05) is 37.6 Å². The van der Waals surface area contributed by atoms with Crippen molar-refractivity contribution in [2.75, 3.05) is 24.5 Å². The molecule has 2 heterocycles. The highest BCUT2D eigenvalue weighted by atomic mass is 19.1. The van der Waals surface area contributed by atoms with Crippen LogP contribution in [0.5, 0.6) is 0 Å². The van der Waals surface area contributed by atoms with Gasteiger partial charge in [0.25, 0.3) is 5.91 Å². The van der Waals surface area contributed by atoms with E-state index in [-0.39, 0.29) is 11.7 Å². The lowest BCUT2D eigenvalue weighted by Gasteiger charge is -2.31. The van der Waals surface area contributed by atoms with Crippen molar-refractivity contribution in [3.8, 4) is 0 Å². The Labute approximate surface area is 134 Å². The molecule has 23 heavy (non-hydrogen) atoms. The average molecular weight is 314 g/mol. The number of hydrogen-bond acceptors (Lipinski definition) is 4. The van der Waals surface area contributed by atoms with Gasteiger partial charge in [-0.15, -0.1) is 0 Å². The molecule has 0 atom stereocenters.